The molecule has 0 unspecified atom stereocenters. The summed E-state index contributed by atoms with van der Waals surface area (Å²) in [5, 5.41) is 0. The molecule has 1 aromatic heterocycles. The molecule has 0 fully saturated rings. The van der Waals surface area contributed by atoms with Gasteiger partial charge in [0.25, 0.3) is 5.56 Å². The number of rotatable bonds is 5. The number of aromatic amines is 1. The lowest BCUT2D eigenvalue weighted by atomic mass is 10.1. The van der Waals surface area contributed by atoms with Gasteiger partial charge in [-0.15, -0.1) is 0 Å². The fraction of sp³-hybridized carbons (Fsp3) is 0.583. The summed E-state index contributed by atoms with van der Waals surface area (Å²) in [5.41, 5.74) is -0.0701. The Labute approximate surface area is 105 Å². The molecular weight excluding hydrogens is 236 g/mol. The predicted molar refractivity (Wildman–Crippen MR) is 65.9 cm³/mol. The first-order valence-electron chi connectivity index (χ1n) is 5.83. The molecule has 0 bridgehead atoms. The van der Waals surface area contributed by atoms with Crippen molar-refractivity contribution in [2.24, 2.45) is 5.92 Å². The van der Waals surface area contributed by atoms with E-state index in [-0.39, 0.29) is 29.7 Å². The summed E-state index contributed by atoms with van der Waals surface area (Å²) in [6, 6.07) is 0. The van der Waals surface area contributed by atoms with Gasteiger partial charge in [0.15, 0.2) is 5.69 Å². The van der Waals surface area contributed by atoms with E-state index in [4.69, 9.17) is 9.47 Å². The van der Waals surface area contributed by atoms with Crippen LogP contribution >= 0.6 is 0 Å². The van der Waals surface area contributed by atoms with Crippen molar-refractivity contribution in [2.75, 3.05) is 13.7 Å². The Balaban J connectivity index is 3.18. The van der Waals surface area contributed by atoms with Crippen LogP contribution in [0.1, 0.15) is 37.0 Å². The number of aromatic nitrogens is 2. The van der Waals surface area contributed by atoms with E-state index < -0.39 is 5.97 Å². The Hall–Kier alpha value is -1.85. The van der Waals surface area contributed by atoms with E-state index in [1.54, 1.807) is 6.92 Å². The molecule has 0 aliphatic heterocycles. The van der Waals surface area contributed by atoms with Gasteiger partial charge in [0.05, 0.1) is 13.7 Å². The maximum atomic E-state index is 11.8. The number of esters is 1. The van der Waals surface area contributed by atoms with E-state index >= 15 is 0 Å². The molecule has 1 N–H and O–H groups in total. The third-order valence-corrected chi connectivity index (χ3v) is 2.23. The first kappa shape index (κ1) is 14.2. The minimum Gasteiger partial charge on any atom is -0.479 e. The van der Waals surface area contributed by atoms with Crippen molar-refractivity contribution in [1.82, 2.24) is 9.97 Å². The van der Waals surface area contributed by atoms with Crippen molar-refractivity contribution >= 4 is 5.97 Å². The Morgan fingerprint density at radius 3 is 2.61 bits per heavy atom. The molecule has 6 heteroatoms. The van der Waals surface area contributed by atoms with Crippen LogP contribution in [0.5, 0.6) is 5.88 Å². The Morgan fingerprint density at radius 1 is 1.44 bits per heavy atom. The second-order valence-corrected chi connectivity index (χ2v) is 4.22. The highest BCUT2D eigenvalue weighted by Crippen LogP contribution is 2.13. The lowest BCUT2D eigenvalue weighted by Gasteiger charge is -2.09. The molecule has 0 aliphatic carbocycles. The minimum absolute atomic E-state index is 0.0446. The van der Waals surface area contributed by atoms with E-state index in [0.717, 1.165) is 0 Å². The quantitative estimate of drug-likeness (QED) is 0.797. The Bertz CT molecular complexity index is 479. The third-order valence-electron chi connectivity index (χ3n) is 2.23. The Morgan fingerprint density at radius 2 is 2.11 bits per heavy atom. The number of hydrogen-bond acceptors (Lipinski definition) is 5. The molecule has 0 aromatic carbocycles. The van der Waals surface area contributed by atoms with Crippen LogP contribution in [-0.4, -0.2) is 29.7 Å². The number of hydrogen-bond donors (Lipinski definition) is 1. The van der Waals surface area contributed by atoms with Crippen molar-refractivity contribution < 1.29 is 14.3 Å². The second-order valence-electron chi connectivity index (χ2n) is 4.22. The van der Waals surface area contributed by atoms with Crippen LogP contribution in [0.2, 0.25) is 0 Å². The van der Waals surface area contributed by atoms with Crippen molar-refractivity contribution in [3.63, 3.8) is 0 Å². The molecule has 0 aliphatic rings. The summed E-state index contributed by atoms with van der Waals surface area (Å²) in [6.45, 7) is 5.86. The molecule has 0 spiro atoms. The standard InChI is InChI=1S/C12H18N2O4/c1-5-18-12(16)9-11(17-4)13-8(6-7(2)3)10(15)14-9/h7H,5-6H2,1-4H3,(H,14,15). The third kappa shape index (κ3) is 3.32. The maximum Gasteiger partial charge on any atom is 0.360 e. The van der Waals surface area contributed by atoms with Gasteiger partial charge < -0.3 is 14.5 Å². The first-order chi connectivity index (χ1) is 8.49. The molecule has 0 amide bonds. The number of carbonyl (C=O) groups is 1. The molecule has 0 atom stereocenters. The molecule has 1 aromatic rings. The largest absolute Gasteiger partial charge is 0.479 e. The van der Waals surface area contributed by atoms with Gasteiger partial charge >= 0.3 is 5.97 Å². The maximum absolute atomic E-state index is 11.8. The zero-order chi connectivity index (χ0) is 13.7. The molecule has 0 radical (unpaired) electrons. The monoisotopic (exact) mass is 254 g/mol. The number of nitrogens with one attached hydrogen (secondary N) is 1. The van der Waals surface area contributed by atoms with Gasteiger partial charge in [-0.2, -0.15) is 0 Å². The summed E-state index contributed by atoms with van der Waals surface area (Å²) < 4.78 is 9.83. The normalized spacial score (nSPS) is 10.5. The van der Waals surface area contributed by atoms with E-state index in [2.05, 4.69) is 9.97 Å². The van der Waals surface area contributed by atoms with Gasteiger partial charge in [-0.05, 0) is 19.3 Å². The Kier molecular flexibility index (Phi) is 4.88. The van der Waals surface area contributed by atoms with Crippen LogP contribution in [0.25, 0.3) is 0 Å². The minimum atomic E-state index is -0.643. The van der Waals surface area contributed by atoms with Gasteiger partial charge in [0, 0.05) is 0 Å². The number of methoxy groups -OCH3 is 1. The fourth-order valence-electron chi connectivity index (χ4n) is 1.48. The van der Waals surface area contributed by atoms with Gasteiger partial charge in [-0.25, -0.2) is 9.78 Å². The van der Waals surface area contributed by atoms with Crippen molar-refractivity contribution in [1.29, 1.82) is 0 Å². The van der Waals surface area contributed by atoms with Crippen molar-refractivity contribution in [3.8, 4) is 5.88 Å². The molecule has 18 heavy (non-hydrogen) atoms. The summed E-state index contributed by atoms with van der Waals surface area (Å²) in [4.78, 5) is 29.9. The summed E-state index contributed by atoms with van der Waals surface area (Å²) >= 11 is 0. The van der Waals surface area contributed by atoms with Gasteiger partial charge in [-0.1, -0.05) is 13.8 Å². The van der Waals surface area contributed by atoms with Crippen LogP contribution in [0.4, 0.5) is 0 Å². The molecule has 6 nitrogen and oxygen atoms in total. The summed E-state index contributed by atoms with van der Waals surface area (Å²) in [7, 11) is 1.39. The molecule has 100 valence electrons. The summed E-state index contributed by atoms with van der Waals surface area (Å²) in [5.74, 6) is -0.268. The highest BCUT2D eigenvalue weighted by atomic mass is 16.5. The van der Waals surface area contributed by atoms with E-state index in [0.29, 0.717) is 12.1 Å². The van der Waals surface area contributed by atoms with Crippen molar-refractivity contribution in [3.05, 3.63) is 21.7 Å². The topological polar surface area (TPSA) is 81.3 Å². The van der Waals surface area contributed by atoms with Crippen LogP contribution in [0.3, 0.4) is 0 Å². The average molecular weight is 254 g/mol. The summed E-state index contributed by atoms with van der Waals surface area (Å²) in [6.07, 6.45) is 0.523. The second kappa shape index (κ2) is 6.18. The van der Waals surface area contributed by atoms with Gasteiger partial charge in [0.1, 0.15) is 5.69 Å². The van der Waals surface area contributed by atoms with Crippen LogP contribution < -0.4 is 10.3 Å². The fourth-order valence-corrected chi connectivity index (χ4v) is 1.48. The van der Waals surface area contributed by atoms with Gasteiger partial charge in [-0.3, -0.25) is 4.79 Å². The van der Waals surface area contributed by atoms with Crippen molar-refractivity contribution in [2.45, 2.75) is 27.2 Å². The average Bonchev–Trinajstić information content (AvgIpc) is 2.31. The van der Waals surface area contributed by atoms with Crippen LogP contribution in [0.15, 0.2) is 4.79 Å². The molecule has 1 rings (SSSR count). The number of ether oxygens (including phenoxy) is 2. The zero-order valence-electron chi connectivity index (χ0n) is 11.1. The van der Waals surface area contributed by atoms with Gasteiger partial charge in [0.2, 0.25) is 5.88 Å². The van der Waals surface area contributed by atoms with Crippen LogP contribution in [0, 0.1) is 5.92 Å². The van der Waals surface area contributed by atoms with E-state index in [9.17, 15) is 9.59 Å². The number of nitrogens with zero attached hydrogens (tertiary/aromatic N) is 1. The number of H-pyrrole nitrogens is 1. The highest BCUT2D eigenvalue weighted by Gasteiger charge is 2.19. The zero-order valence-corrected chi connectivity index (χ0v) is 11.1. The lowest BCUT2D eigenvalue weighted by molar-refractivity contribution is 0.0514. The van der Waals surface area contributed by atoms with E-state index in [1.807, 2.05) is 13.8 Å². The molecule has 0 saturated heterocycles. The van der Waals surface area contributed by atoms with E-state index in [1.165, 1.54) is 7.11 Å². The SMILES string of the molecule is CCOC(=O)c1[nH]c(=O)c(CC(C)C)nc1OC. The van der Waals surface area contributed by atoms with Crippen LogP contribution in [-0.2, 0) is 11.2 Å². The lowest BCUT2D eigenvalue weighted by Crippen LogP contribution is -2.23. The smallest absolute Gasteiger partial charge is 0.360 e. The predicted octanol–water partition coefficient (Wildman–Crippen LogP) is 1.15. The number of carbonyl (C=O) groups excluding carboxylic acids is 1. The first-order valence-corrected chi connectivity index (χ1v) is 5.83. The molecule has 0 saturated carbocycles. The highest BCUT2D eigenvalue weighted by molar-refractivity contribution is 5.89. The molecular formula is C12H18N2O4. The molecule has 1 heterocycles.